The second kappa shape index (κ2) is 17.7. The van der Waals surface area contributed by atoms with E-state index in [0.29, 0.717) is 51.8 Å². The Kier molecular flexibility index (Phi) is 16.6. The monoisotopic (exact) mass is 396 g/mol. The first kappa shape index (κ1) is 25.3. The van der Waals surface area contributed by atoms with Crippen LogP contribution in [0.3, 0.4) is 0 Å². The van der Waals surface area contributed by atoms with Crippen molar-refractivity contribution in [1.82, 2.24) is 0 Å². The summed E-state index contributed by atoms with van der Waals surface area (Å²) in [7, 11) is 0. The van der Waals surface area contributed by atoms with E-state index in [1.807, 2.05) is 6.92 Å². The summed E-state index contributed by atoms with van der Waals surface area (Å²) >= 11 is 0. The van der Waals surface area contributed by atoms with Crippen LogP contribution in [0.1, 0.15) is 18.9 Å². The van der Waals surface area contributed by atoms with E-state index in [-0.39, 0.29) is 25.1 Å². The summed E-state index contributed by atoms with van der Waals surface area (Å²) in [4.78, 5) is 8.36. The van der Waals surface area contributed by atoms with Crippen LogP contribution in [0, 0.1) is 17.5 Å². The van der Waals surface area contributed by atoms with E-state index < -0.39 is 17.5 Å². The van der Waals surface area contributed by atoms with Crippen molar-refractivity contribution >= 4 is 6.47 Å². The average Bonchev–Trinajstić information content (AvgIpc) is 2.61. The summed E-state index contributed by atoms with van der Waals surface area (Å²) in [5, 5.41) is 6.89. The van der Waals surface area contributed by atoms with Crippen molar-refractivity contribution in [2.24, 2.45) is 0 Å². The Morgan fingerprint density at radius 2 is 1.19 bits per heavy atom. The SMILES string of the molecule is CCCOCCOCCOCCOCCc1c(F)cc(F)cc1F.O=CO. The van der Waals surface area contributed by atoms with Gasteiger partial charge in [0, 0.05) is 30.7 Å². The minimum Gasteiger partial charge on any atom is -0.483 e. The van der Waals surface area contributed by atoms with Crippen molar-refractivity contribution in [3.05, 3.63) is 35.1 Å². The lowest BCUT2D eigenvalue weighted by molar-refractivity contribution is -0.122. The minimum atomic E-state index is -0.929. The molecule has 1 N–H and O–H groups in total. The molecule has 9 heteroatoms. The zero-order valence-electron chi connectivity index (χ0n) is 15.4. The Bertz CT molecular complexity index is 479. The van der Waals surface area contributed by atoms with Gasteiger partial charge in [0.1, 0.15) is 17.5 Å². The maximum Gasteiger partial charge on any atom is 0.290 e. The average molecular weight is 396 g/mol. The van der Waals surface area contributed by atoms with Gasteiger partial charge in [-0.25, -0.2) is 13.2 Å². The number of halogens is 3. The molecular weight excluding hydrogens is 369 g/mol. The van der Waals surface area contributed by atoms with Crippen molar-refractivity contribution in [1.29, 1.82) is 0 Å². The molecule has 0 bridgehead atoms. The number of ether oxygens (including phenoxy) is 4. The van der Waals surface area contributed by atoms with Crippen LogP contribution in [0.15, 0.2) is 12.1 Å². The normalized spacial score (nSPS) is 10.4. The molecule has 0 aliphatic carbocycles. The number of carboxylic acid groups (broad SMARTS) is 1. The largest absolute Gasteiger partial charge is 0.483 e. The Labute approximate surface area is 157 Å². The van der Waals surface area contributed by atoms with Crippen LogP contribution in [-0.2, 0) is 30.2 Å². The van der Waals surface area contributed by atoms with E-state index >= 15 is 0 Å². The first-order valence-electron chi connectivity index (χ1n) is 8.59. The van der Waals surface area contributed by atoms with Gasteiger partial charge < -0.3 is 24.1 Å². The third kappa shape index (κ3) is 14.1. The maximum atomic E-state index is 13.4. The van der Waals surface area contributed by atoms with E-state index in [1.165, 1.54) is 0 Å². The van der Waals surface area contributed by atoms with Gasteiger partial charge in [0.15, 0.2) is 0 Å². The van der Waals surface area contributed by atoms with Crippen molar-refractivity contribution in [3.8, 4) is 0 Å². The number of rotatable bonds is 14. The highest BCUT2D eigenvalue weighted by Crippen LogP contribution is 2.15. The third-order valence-corrected chi connectivity index (χ3v) is 3.07. The van der Waals surface area contributed by atoms with Crippen LogP contribution in [0.25, 0.3) is 0 Å². The lowest BCUT2D eigenvalue weighted by Crippen LogP contribution is -2.13. The lowest BCUT2D eigenvalue weighted by Gasteiger charge is -2.08. The molecule has 0 aromatic heterocycles. The predicted molar refractivity (Wildman–Crippen MR) is 92.3 cm³/mol. The van der Waals surface area contributed by atoms with Crippen molar-refractivity contribution in [3.63, 3.8) is 0 Å². The topological polar surface area (TPSA) is 74.2 Å². The molecule has 0 saturated carbocycles. The molecule has 0 heterocycles. The van der Waals surface area contributed by atoms with Gasteiger partial charge in [-0.1, -0.05) is 6.92 Å². The summed E-state index contributed by atoms with van der Waals surface area (Å²) < 4.78 is 60.6. The fraction of sp³-hybridized carbons (Fsp3) is 0.611. The molecule has 0 atom stereocenters. The smallest absolute Gasteiger partial charge is 0.290 e. The van der Waals surface area contributed by atoms with E-state index in [9.17, 15) is 13.2 Å². The Hall–Kier alpha value is -1.68. The van der Waals surface area contributed by atoms with Gasteiger partial charge in [0.05, 0.1) is 46.2 Å². The molecule has 1 rings (SSSR count). The van der Waals surface area contributed by atoms with E-state index in [0.717, 1.165) is 13.0 Å². The van der Waals surface area contributed by atoms with Gasteiger partial charge in [-0.15, -0.1) is 0 Å². The molecule has 27 heavy (non-hydrogen) atoms. The van der Waals surface area contributed by atoms with Gasteiger partial charge >= 0.3 is 0 Å². The van der Waals surface area contributed by atoms with Crippen LogP contribution >= 0.6 is 0 Å². The van der Waals surface area contributed by atoms with Gasteiger partial charge in [-0.05, 0) is 6.42 Å². The number of benzene rings is 1. The van der Waals surface area contributed by atoms with Crippen LogP contribution in [0.4, 0.5) is 13.2 Å². The number of hydrogen-bond acceptors (Lipinski definition) is 5. The molecule has 6 nitrogen and oxygen atoms in total. The second-order valence-electron chi connectivity index (χ2n) is 5.15. The summed E-state index contributed by atoms with van der Waals surface area (Å²) in [5.74, 6) is -2.72. The molecule has 0 fully saturated rings. The summed E-state index contributed by atoms with van der Waals surface area (Å²) in [6, 6.07) is 1.32. The maximum absolute atomic E-state index is 13.4. The lowest BCUT2D eigenvalue weighted by atomic mass is 10.1. The Morgan fingerprint density at radius 1 is 0.815 bits per heavy atom. The highest BCUT2D eigenvalue weighted by Gasteiger charge is 2.10. The summed E-state index contributed by atoms with van der Waals surface area (Å²) in [6.07, 6.45) is 1.03. The van der Waals surface area contributed by atoms with Crippen LogP contribution in [0.5, 0.6) is 0 Å². The molecule has 156 valence electrons. The van der Waals surface area contributed by atoms with Crippen LogP contribution < -0.4 is 0 Å². The first-order chi connectivity index (χ1) is 13.1. The molecular formula is C18H27F3O6. The summed E-state index contributed by atoms with van der Waals surface area (Å²) in [6.45, 7) is 5.37. The molecule has 0 spiro atoms. The van der Waals surface area contributed by atoms with Crippen molar-refractivity contribution in [2.45, 2.75) is 19.8 Å². The van der Waals surface area contributed by atoms with Gasteiger partial charge in [0.25, 0.3) is 6.47 Å². The van der Waals surface area contributed by atoms with E-state index in [2.05, 4.69) is 0 Å². The van der Waals surface area contributed by atoms with Gasteiger partial charge in [0.2, 0.25) is 0 Å². The molecule has 0 unspecified atom stereocenters. The number of hydrogen-bond donors (Lipinski definition) is 1. The fourth-order valence-corrected chi connectivity index (χ4v) is 1.89. The summed E-state index contributed by atoms with van der Waals surface area (Å²) in [5.41, 5.74) is -0.170. The van der Waals surface area contributed by atoms with Crippen LogP contribution in [-0.4, -0.2) is 64.4 Å². The molecule has 0 radical (unpaired) electrons. The molecule has 1 aromatic carbocycles. The molecule has 0 aliphatic heterocycles. The highest BCUT2D eigenvalue weighted by molar-refractivity contribution is 5.32. The van der Waals surface area contributed by atoms with E-state index in [4.69, 9.17) is 28.8 Å². The quantitative estimate of drug-likeness (QED) is 0.385. The van der Waals surface area contributed by atoms with Crippen LogP contribution in [0.2, 0.25) is 0 Å². The highest BCUT2D eigenvalue weighted by atomic mass is 19.1. The minimum absolute atomic E-state index is 0.0405. The van der Waals surface area contributed by atoms with Crippen molar-refractivity contribution < 1.29 is 42.0 Å². The third-order valence-electron chi connectivity index (χ3n) is 3.07. The van der Waals surface area contributed by atoms with Crippen molar-refractivity contribution in [2.75, 3.05) is 52.9 Å². The molecule has 1 aromatic rings. The standard InChI is InChI=1S/C17H25F3O4.CH2O2/c1-2-4-21-6-8-23-10-11-24-9-7-22-5-3-15-16(19)12-14(18)13-17(15)20;2-1-3/h12-13H,2-11H2,1H3;1H,(H,2,3). The molecule has 0 amide bonds. The molecule has 0 saturated heterocycles. The zero-order valence-corrected chi connectivity index (χ0v) is 15.4. The Balaban J connectivity index is 0.00000210. The van der Waals surface area contributed by atoms with E-state index in [1.54, 1.807) is 0 Å². The second-order valence-corrected chi connectivity index (χ2v) is 5.15. The Morgan fingerprint density at radius 3 is 1.59 bits per heavy atom. The molecule has 0 aliphatic rings. The van der Waals surface area contributed by atoms with Gasteiger partial charge in [-0.2, -0.15) is 0 Å². The van der Waals surface area contributed by atoms with Gasteiger partial charge in [-0.3, -0.25) is 4.79 Å². The fourth-order valence-electron chi connectivity index (χ4n) is 1.89. The first-order valence-corrected chi connectivity index (χ1v) is 8.59. The predicted octanol–water partition coefficient (Wildman–Crippen LogP) is 2.82. The number of carbonyl (C=O) groups is 1. The zero-order chi connectivity index (χ0) is 20.3.